The van der Waals surface area contributed by atoms with Gasteiger partial charge in [0.05, 0.1) is 17.0 Å². The summed E-state index contributed by atoms with van der Waals surface area (Å²) in [7, 11) is -3.50. The van der Waals surface area contributed by atoms with Gasteiger partial charge in [-0.25, -0.2) is 13.1 Å². The van der Waals surface area contributed by atoms with E-state index in [9.17, 15) is 8.42 Å². The molecule has 1 atom stereocenters. The third kappa shape index (κ3) is 3.69. The van der Waals surface area contributed by atoms with Gasteiger partial charge in [0.15, 0.2) is 0 Å². The van der Waals surface area contributed by atoms with E-state index >= 15 is 0 Å². The highest BCUT2D eigenvalue weighted by Gasteiger charge is 2.34. The fourth-order valence-corrected chi connectivity index (χ4v) is 3.72. The Balaban J connectivity index is 2.15. The lowest BCUT2D eigenvalue weighted by atomic mass is 10.0. The normalized spacial score (nSPS) is 23.7. The predicted molar refractivity (Wildman–Crippen MR) is 75.0 cm³/mol. The van der Waals surface area contributed by atoms with Crippen LogP contribution in [0, 0.1) is 0 Å². The van der Waals surface area contributed by atoms with Gasteiger partial charge in [-0.15, -0.1) is 11.6 Å². The summed E-state index contributed by atoms with van der Waals surface area (Å²) in [6.45, 7) is 2.86. The van der Waals surface area contributed by atoms with Gasteiger partial charge in [-0.2, -0.15) is 0 Å². The number of alkyl halides is 1. The van der Waals surface area contributed by atoms with E-state index in [-0.39, 0.29) is 4.90 Å². The number of rotatable bonds is 5. The number of hydrogen-bond donors (Lipinski definition) is 1. The number of benzene rings is 1. The Morgan fingerprint density at radius 2 is 2.05 bits per heavy atom. The number of ether oxygens (including phenoxy) is 1. The summed E-state index contributed by atoms with van der Waals surface area (Å²) in [5, 5.41) is 0. The zero-order valence-corrected chi connectivity index (χ0v) is 12.4. The van der Waals surface area contributed by atoms with E-state index in [0.29, 0.717) is 25.5 Å². The summed E-state index contributed by atoms with van der Waals surface area (Å²) in [6.07, 6.45) is 1.43. The molecule has 0 radical (unpaired) electrons. The second kappa shape index (κ2) is 5.79. The molecule has 0 saturated carbocycles. The molecule has 1 aromatic carbocycles. The topological polar surface area (TPSA) is 55.4 Å². The Morgan fingerprint density at radius 3 is 2.58 bits per heavy atom. The van der Waals surface area contributed by atoms with E-state index < -0.39 is 15.6 Å². The molecule has 19 heavy (non-hydrogen) atoms. The minimum absolute atomic E-state index is 0.277. The van der Waals surface area contributed by atoms with Gasteiger partial charge in [-0.3, -0.25) is 0 Å². The standard InChI is InChI=1S/C13H18ClNO3S/c1-13(7-9-18-10-13)15-19(16,17)12-4-2-11(3-5-12)6-8-14/h2-5,15H,6-10H2,1H3. The number of aryl methyl sites for hydroxylation is 1. The molecule has 0 bridgehead atoms. The Kier molecular flexibility index (Phi) is 4.50. The van der Waals surface area contributed by atoms with Gasteiger partial charge in [0.25, 0.3) is 0 Å². The quantitative estimate of drug-likeness (QED) is 0.846. The Morgan fingerprint density at radius 1 is 1.37 bits per heavy atom. The molecule has 106 valence electrons. The largest absolute Gasteiger partial charge is 0.379 e. The molecule has 1 fully saturated rings. The van der Waals surface area contributed by atoms with Crippen LogP contribution in [0.4, 0.5) is 0 Å². The molecule has 4 nitrogen and oxygen atoms in total. The Labute approximate surface area is 119 Å². The smallest absolute Gasteiger partial charge is 0.241 e. The van der Waals surface area contributed by atoms with E-state index in [0.717, 1.165) is 12.0 Å². The van der Waals surface area contributed by atoms with Crippen LogP contribution < -0.4 is 4.72 Å². The number of hydrogen-bond acceptors (Lipinski definition) is 3. The number of sulfonamides is 1. The van der Waals surface area contributed by atoms with Crippen LogP contribution in [0.3, 0.4) is 0 Å². The molecule has 0 amide bonds. The maximum absolute atomic E-state index is 12.3. The zero-order chi connectivity index (χ0) is 13.9. The highest BCUT2D eigenvalue weighted by Crippen LogP contribution is 2.21. The van der Waals surface area contributed by atoms with Crippen LogP contribution in [0.2, 0.25) is 0 Å². The molecule has 0 spiro atoms. The van der Waals surface area contributed by atoms with Gasteiger partial charge in [0.2, 0.25) is 10.0 Å². The zero-order valence-electron chi connectivity index (χ0n) is 10.9. The molecular formula is C13H18ClNO3S. The van der Waals surface area contributed by atoms with E-state index in [1.807, 2.05) is 6.92 Å². The van der Waals surface area contributed by atoms with Crippen LogP contribution in [0.25, 0.3) is 0 Å². The SMILES string of the molecule is CC1(NS(=O)(=O)c2ccc(CCCl)cc2)CCOC1. The van der Waals surface area contributed by atoms with Crippen molar-refractivity contribution in [3.05, 3.63) is 29.8 Å². The van der Waals surface area contributed by atoms with Crippen molar-refractivity contribution >= 4 is 21.6 Å². The first-order valence-electron chi connectivity index (χ1n) is 6.22. The van der Waals surface area contributed by atoms with Gasteiger partial charge >= 0.3 is 0 Å². The third-order valence-electron chi connectivity index (χ3n) is 3.22. The van der Waals surface area contributed by atoms with Crippen molar-refractivity contribution in [2.24, 2.45) is 0 Å². The van der Waals surface area contributed by atoms with Crippen LogP contribution in [0.1, 0.15) is 18.9 Å². The average molecular weight is 304 g/mol. The first kappa shape index (κ1) is 14.8. The maximum Gasteiger partial charge on any atom is 0.241 e. The highest BCUT2D eigenvalue weighted by molar-refractivity contribution is 7.89. The van der Waals surface area contributed by atoms with E-state index in [4.69, 9.17) is 16.3 Å². The lowest BCUT2D eigenvalue weighted by Crippen LogP contribution is -2.46. The van der Waals surface area contributed by atoms with Gasteiger partial charge in [-0.05, 0) is 37.5 Å². The molecule has 1 aromatic rings. The van der Waals surface area contributed by atoms with Crippen molar-refractivity contribution in [3.8, 4) is 0 Å². The van der Waals surface area contributed by atoms with Crippen molar-refractivity contribution in [1.82, 2.24) is 4.72 Å². The summed E-state index contributed by atoms with van der Waals surface area (Å²) in [5.74, 6) is 0.528. The highest BCUT2D eigenvalue weighted by atomic mass is 35.5. The number of halogens is 1. The minimum Gasteiger partial charge on any atom is -0.379 e. The fourth-order valence-electron chi connectivity index (χ4n) is 2.08. The summed E-state index contributed by atoms with van der Waals surface area (Å²) in [6, 6.07) is 6.82. The predicted octanol–water partition coefficient (Wildman–Crippen LogP) is 1.93. The Bertz CT molecular complexity index is 521. The Hall–Kier alpha value is -0.620. The second-order valence-corrected chi connectivity index (χ2v) is 7.11. The lowest BCUT2D eigenvalue weighted by Gasteiger charge is -2.23. The average Bonchev–Trinajstić information content (AvgIpc) is 2.76. The molecule has 2 rings (SSSR count). The minimum atomic E-state index is -3.50. The first-order chi connectivity index (χ1) is 8.95. The second-order valence-electron chi connectivity index (χ2n) is 5.05. The van der Waals surface area contributed by atoms with E-state index in [2.05, 4.69) is 4.72 Å². The molecule has 1 N–H and O–H groups in total. The van der Waals surface area contributed by atoms with Gasteiger partial charge in [0.1, 0.15) is 0 Å². The monoisotopic (exact) mass is 303 g/mol. The molecular weight excluding hydrogens is 286 g/mol. The summed E-state index contributed by atoms with van der Waals surface area (Å²) < 4.78 is 32.5. The van der Waals surface area contributed by atoms with Crippen LogP contribution in [0.5, 0.6) is 0 Å². The molecule has 1 unspecified atom stereocenters. The maximum atomic E-state index is 12.3. The molecule has 6 heteroatoms. The van der Waals surface area contributed by atoms with Gasteiger partial charge < -0.3 is 4.74 Å². The van der Waals surface area contributed by atoms with Crippen molar-refractivity contribution in [3.63, 3.8) is 0 Å². The summed E-state index contributed by atoms with van der Waals surface area (Å²) in [5.41, 5.74) is 0.526. The van der Waals surface area contributed by atoms with Crippen molar-refractivity contribution < 1.29 is 13.2 Å². The third-order valence-corrected chi connectivity index (χ3v) is 5.06. The fraction of sp³-hybridized carbons (Fsp3) is 0.538. The van der Waals surface area contributed by atoms with Gasteiger partial charge in [0, 0.05) is 12.5 Å². The van der Waals surface area contributed by atoms with E-state index in [1.54, 1.807) is 24.3 Å². The lowest BCUT2D eigenvalue weighted by molar-refractivity contribution is 0.178. The molecule has 1 aliphatic rings. The first-order valence-corrected chi connectivity index (χ1v) is 8.24. The molecule has 1 saturated heterocycles. The summed E-state index contributed by atoms with van der Waals surface area (Å²) >= 11 is 5.65. The van der Waals surface area contributed by atoms with Crippen molar-refractivity contribution in [2.45, 2.75) is 30.2 Å². The van der Waals surface area contributed by atoms with Crippen LogP contribution >= 0.6 is 11.6 Å². The number of nitrogens with one attached hydrogen (secondary N) is 1. The molecule has 1 aliphatic heterocycles. The summed E-state index contributed by atoms with van der Waals surface area (Å²) in [4.78, 5) is 0.277. The molecule has 1 heterocycles. The molecule has 0 aromatic heterocycles. The van der Waals surface area contributed by atoms with Crippen LogP contribution in [-0.4, -0.2) is 33.1 Å². The van der Waals surface area contributed by atoms with Crippen LogP contribution in [0.15, 0.2) is 29.2 Å². The van der Waals surface area contributed by atoms with Crippen molar-refractivity contribution in [2.75, 3.05) is 19.1 Å². The molecule has 0 aliphatic carbocycles. The van der Waals surface area contributed by atoms with Gasteiger partial charge in [-0.1, -0.05) is 12.1 Å². The van der Waals surface area contributed by atoms with E-state index in [1.165, 1.54) is 0 Å². The van der Waals surface area contributed by atoms with Crippen molar-refractivity contribution in [1.29, 1.82) is 0 Å². The van der Waals surface area contributed by atoms with Crippen LogP contribution in [-0.2, 0) is 21.2 Å².